The predicted octanol–water partition coefficient (Wildman–Crippen LogP) is 3.57. The van der Waals surface area contributed by atoms with Gasteiger partial charge in [-0.2, -0.15) is 0 Å². The van der Waals surface area contributed by atoms with Gasteiger partial charge in [-0.15, -0.1) is 11.8 Å². The Morgan fingerprint density at radius 3 is 2.33 bits per heavy atom. The van der Waals surface area contributed by atoms with Gasteiger partial charge in [0.2, 0.25) is 0 Å². The van der Waals surface area contributed by atoms with E-state index in [0.717, 1.165) is 5.92 Å². The fourth-order valence-electron chi connectivity index (χ4n) is 0.706. The van der Waals surface area contributed by atoms with Crippen LogP contribution in [-0.2, 0) is 0 Å². The normalized spacial score (nSPS) is 12.7. The molecule has 0 aliphatic rings. The minimum Gasteiger partial charge on any atom is -0.272 e. The van der Waals surface area contributed by atoms with Crippen molar-refractivity contribution in [3.8, 4) is 0 Å². The zero-order valence-electron chi connectivity index (χ0n) is 8.50. The molecule has 0 saturated heterocycles. The first-order valence-corrected chi connectivity index (χ1v) is 5.35. The Kier molecular flexibility index (Phi) is 6.17. The molecule has 0 amide bonds. The molecule has 0 heterocycles. The van der Waals surface area contributed by atoms with E-state index in [4.69, 9.17) is 0 Å². The Morgan fingerprint density at radius 2 is 2.00 bits per heavy atom. The smallest absolute Gasteiger partial charge is 0.0358 e. The highest BCUT2D eigenvalue weighted by Crippen LogP contribution is 2.25. The topological polar surface area (TPSA) is 12.4 Å². The fraction of sp³-hybridized carbons (Fsp3) is 0.700. The zero-order valence-corrected chi connectivity index (χ0v) is 9.32. The Labute approximate surface area is 80.4 Å². The summed E-state index contributed by atoms with van der Waals surface area (Å²) in [5.74, 6) is 2.47. The van der Waals surface area contributed by atoms with Gasteiger partial charge in [-0.3, -0.25) is 4.99 Å². The molecule has 2 heteroatoms. The molecule has 0 aromatic rings. The maximum Gasteiger partial charge on any atom is 0.0358 e. The van der Waals surface area contributed by atoms with Crippen LogP contribution < -0.4 is 0 Å². The third-order valence-corrected chi connectivity index (χ3v) is 3.11. The summed E-state index contributed by atoms with van der Waals surface area (Å²) in [5, 5.41) is 0. The summed E-state index contributed by atoms with van der Waals surface area (Å²) in [5.41, 5.74) is 0. The molecule has 0 bridgehead atoms. The van der Waals surface area contributed by atoms with Gasteiger partial charge in [0, 0.05) is 16.9 Å². The molecule has 0 aromatic carbocycles. The quantitative estimate of drug-likeness (QED) is 0.596. The lowest BCUT2D eigenvalue weighted by Crippen LogP contribution is -1.95. The van der Waals surface area contributed by atoms with E-state index >= 15 is 0 Å². The summed E-state index contributed by atoms with van der Waals surface area (Å²) in [4.78, 5) is 5.13. The molecule has 0 spiro atoms. The van der Waals surface area contributed by atoms with Crippen molar-refractivity contribution in [3.05, 3.63) is 11.1 Å². The molecular weight excluding hydrogens is 166 g/mol. The van der Waals surface area contributed by atoms with Crippen molar-refractivity contribution in [2.75, 3.05) is 5.75 Å². The van der Waals surface area contributed by atoms with Crippen LogP contribution in [0.25, 0.3) is 0 Å². The highest BCUT2D eigenvalue weighted by molar-refractivity contribution is 8.03. The fourth-order valence-corrected chi connectivity index (χ4v) is 1.71. The molecule has 12 heavy (non-hydrogen) atoms. The highest BCUT2D eigenvalue weighted by Gasteiger charge is 2.04. The van der Waals surface area contributed by atoms with Crippen LogP contribution in [-0.4, -0.2) is 12.5 Å². The van der Waals surface area contributed by atoms with Crippen molar-refractivity contribution >= 4 is 18.5 Å². The molecule has 0 rings (SSSR count). The van der Waals surface area contributed by atoms with Gasteiger partial charge in [-0.25, -0.2) is 0 Å². The third-order valence-electron chi connectivity index (χ3n) is 1.37. The molecular formula is C10H19NS. The zero-order chi connectivity index (χ0) is 9.56. The largest absolute Gasteiger partial charge is 0.272 e. The van der Waals surface area contributed by atoms with Gasteiger partial charge in [-0.05, 0) is 18.6 Å². The first-order valence-electron chi connectivity index (χ1n) is 4.36. The van der Waals surface area contributed by atoms with Gasteiger partial charge in [0.15, 0.2) is 0 Å². The first-order chi connectivity index (χ1) is 5.57. The molecule has 0 aromatic heterocycles. The molecule has 0 fully saturated rings. The lowest BCUT2D eigenvalue weighted by atomic mass is 10.2. The van der Waals surface area contributed by atoms with Crippen molar-refractivity contribution in [2.45, 2.75) is 27.7 Å². The van der Waals surface area contributed by atoms with Gasteiger partial charge < -0.3 is 0 Å². The molecule has 0 radical (unpaired) electrons. The SMILES string of the molecule is C=N/C=C(\SCC(C)C)C(C)C. The maximum atomic E-state index is 3.80. The summed E-state index contributed by atoms with van der Waals surface area (Å²) in [7, 11) is 0. The Balaban J connectivity index is 3.97. The molecule has 0 saturated carbocycles. The van der Waals surface area contributed by atoms with Crippen LogP contribution >= 0.6 is 11.8 Å². The number of hydrogen-bond donors (Lipinski definition) is 0. The van der Waals surface area contributed by atoms with Crippen molar-refractivity contribution < 1.29 is 0 Å². The minimum atomic E-state index is 0.569. The second-order valence-electron chi connectivity index (χ2n) is 3.57. The Hall–Kier alpha value is -0.240. The van der Waals surface area contributed by atoms with Gasteiger partial charge in [0.05, 0.1) is 0 Å². The molecule has 70 valence electrons. The van der Waals surface area contributed by atoms with Crippen LogP contribution in [0, 0.1) is 11.8 Å². The summed E-state index contributed by atoms with van der Waals surface area (Å²) < 4.78 is 0. The lowest BCUT2D eigenvalue weighted by molar-refractivity contribution is 0.747. The second kappa shape index (κ2) is 6.30. The van der Waals surface area contributed by atoms with Gasteiger partial charge in [-0.1, -0.05) is 27.7 Å². The molecule has 0 N–H and O–H groups in total. The molecule has 0 unspecified atom stereocenters. The van der Waals surface area contributed by atoms with Crippen molar-refractivity contribution in [1.29, 1.82) is 0 Å². The lowest BCUT2D eigenvalue weighted by Gasteiger charge is -2.10. The maximum absolute atomic E-state index is 3.80. The number of rotatable bonds is 5. The van der Waals surface area contributed by atoms with Crippen LogP contribution in [0.15, 0.2) is 16.1 Å². The van der Waals surface area contributed by atoms with Gasteiger partial charge >= 0.3 is 0 Å². The number of thioether (sulfide) groups is 1. The van der Waals surface area contributed by atoms with E-state index < -0.39 is 0 Å². The predicted molar refractivity (Wildman–Crippen MR) is 59.8 cm³/mol. The summed E-state index contributed by atoms with van der Waals surface area (Å²) in [6, 6.07) is 0. The van der Waals surface area contributed by atoms with Crippen molar-refractivity contribution in [1.82, 2.24) is 0 Å². The van der Waals surface area contributed by atoms with E-state index in [9.17, 15) is 0 Å². The van der Waals surface area contributed by atoms with E-state index in [1.165, 1.54) is 10.7 Å². The van der Waals surface area contributed by atoms with Crippen LogP contribution in [0.5, 0.6) is 0 Å². The third kappa shape index (κ3) is 5.42. The molecule has 0 atom stereocenters. The van der Waals surface area contributed by atoms with Crippen LogP contribution in [0.4, 0.5) is 0 Å². The first kappa shape index (κ1) is 11.8. The summed E-state index contributed by atoms with van der Waals surface area (Å²) in [6.07, 6.45) is 1.87. The standard InChI is InChI=1S/C10H19NS/c1-8(2)7-12-10(6-11-5)9(3)4/h6,8-9H,5,7H2,1-4H3/b10-6-. The summed E-state index contributed by atoms with van der Waals surface area (Å²) >= 11 is 1.89. The Morgan fingerprint density at radius 1 is 1.42 bits per heavy atom. The monoisotopic (exact) mass is 185 g/mol. The van der Waals surface area contributed by atoms with Gasteiger partial charge in [0.1, 0.15) is 0 Å². The average Bonchev–Trinajstić information content (AvgIpc) is 1.96. The number of hydrogen-bond acceptors (Lipinski definition) is 2. The molecule has 0 aliphatic heterocycles. The highest BCUT2D eigenvalue weighted by atomic mass is 32.2. The van der Waals surface area contributed by atoms with Crippen LogP contribution in [0.3, 0.4) is 0 Å². The summed E-state index contributed by atoms with van der Waals surface area (Å²) in [6.45, 7) is 12.3. The molecule has 0 aliphatic carbocycles. The van der Waals surface area contributed by atoms with E-state index in [1.54, 1.807) is 0 Å². The number of aliphatic imine (C=N–C) groups is 1. The van der Waals surface area contributed by atoms with Crippen LogP contribution in [0.1, 0.15) is 27.7 Å². The van der Waals surface area contributed by atoms with Crippen molar-refractivity contribution in [3.63, 3.8) is 0 Å². The Bertz CT molecular complexity index is 159. The van der Waals surface area contributed by atoms with Crippen molar-refractivity contribution in [2.24, 2.45) is 16.8 Å². The second-order valence-corrected chi connectivity index (χ2v) is 4.67. The van der Waals surface area contributed by atoms with Crippen LogP contribution in [0.2, 0.25) is 0 Å². The average molecular weight is 185 g/mol. The molecule has 1 nitrogen and oxygen atoms in total. The number of allylic oxidation sites excluding steroid dienone is 1. The number of nitrogens with zero attached hydrogens (tertiary/aromatic N) is 1. The van der Waals surface area contributed by atoms with Gasteiger partial charge in [0.25, 0.3) is 0 Å². The van der Waals surface area contributed by atoms with E-state index in [-0.39, 0.29) is 0 Å². The minimum absolute atomic E-state index is 0.569. The van der Waals surface area contributed by atoms with E-state index in [2.05, 4.69) is 39.4 Å². The van der Waals surface area contributed by atoms with E-state index in [1.807, 2.05) is 18.0 Å². The van der Waals surface area contributed by atoms with E-state index in [0.29, 0.717) is 5.92 Å².